The van der Waals surface area contributed by atoms with E-state index in [2.05, 4.69) is 13.0 Å². The maximum atomic E-state index is 10.2. The minimum atomic E-state index is 0.256. The van der Waals surface area contributed by atoms with Gasteiger partial charge in [0, 0.05) is 5.92 Å². The first-order chi connectivity index (χ1) is 10.1. The molecule has 0 bridgehead atoms. The van der Waals surface area contributed by atoms with E-state index in [0.717, 1.165) is 5.56 Å². The molecule has 0 amide bonds. The molecule has 1 fully saturated rings. The molecular weight excluding hydrogens is 260 g/mol. The lowest BCUT2D eigenvalue weighted by atomic mass is 9.88. The summed E-state index contributed by atoms with van der Waals surface area (Å²) < 4.78 is 0. The Morgan fingerprint density at radius 1 is 0.905 bits per heavy atom. The highest BCUT2D eigenvalue weighted by Crippen LogP contribution is 2.40. The summed E-state index contributed by atoms with van der Waals surface area (Å²) in [6, 6.07) is 13.4. The summed E-state index contributed by atoms with van der Waals surface area (Å²) in [4.78, 5) is 0. The topological polar surface area (TPSA) is 40.5 Å². The second kappa shape index (κ2) is 5.80. The molecule has 0 aliphatic heterocycles. The van der Waals surface area contributed by atoms with Gasteiger partial charge >= 0.3 is 0 Å². The molecule has 3 rings (SSSR count). The van der Waals surface area contributed by atoms with E-state index < -0.39 is 0 Å². The van der Waals surface area contributed by atoms with Crippen molar-refractivity contribution in [3.8, 4) is 11.5 Å². The number of hydrogen-bond donors (Lipinski definition) is 2. The Bertz CT molecular complexity index is 610. The Labute approximate surface area is 126 Å². The summed E-state index contributed by atoms with van der Waals surface area (Å²) in [7, 11) is 0. The van der Waals surface area contributed by atoms with Crippen LogP contribution in [0.1, 0.15) is 61.1 Å². The highest BCUT2D eigenvalue weighted by Gasteiger charge is 2.21. The highest BCUT2D eigenvalue weighted by atomic mass is 16.3. The summed E-state index contributed by atoms with van der Waals surface area (Å²) in [5.41, 5.74) is 3.51. The zero-order chi connectivity index (χ0) is 14.8. The van der Waals surface area contributed by atoms with Crippen LogP contribution in [-0.2, 0) is 0 Å². The van der Waals surface area contributed by atoms with Crippen molar-refractivity contribution in [1.29, 1.82) is 0 Å². The number of rotatable bonds is 3. The molecule has 2 nitrogen and oxygen atoms in total. The Hall–Kier alpha value is -1.96. The Balaban J connectivity index is 1.91. The van der Waals surface area contributed by atoms with E-state index in [9.17, 15) is 10.2 Å². The number of phenols is 2. The van der Waals surface area contributed by atoms with Gasteiger partial charge in [0.15, 0.2) is 0 Å². The molecule has 2 aromatic carbocycles. The lowest BCUT2D eigenvalue weighted by Gasteiger charge is -2.17. The van der Waals surface area contributed by atoms with E-state index in [1.54, 1.807) is 12.1 Å². The molecule has 1 aliphatic carbocycles. The summed E-state index contributed by atoms with van der Waals surface area (Å²) in [5.74, 6) is 1.50. The lowest BCUT2D eigenvalue weighted by molar-refractivity contribution is 0.460. The van der Waals surface area contributed by atoms with Crippen molar-refractivity contribution in [2.24, 2.45) is 0 Å². The third-order valence-corrected chi connectivity index (χ3v) is 4.74. The largest absolute Gasteiger partial charge is 0.508 e. The number of benzene rings is 2. The van der Waals surface area contributed by atoms with Gasteiger partial charge in [0.25, 0.3) is 0 Å². The van der Waals surface area contributed by atoms with E-state index in [1.807, 2.05) is 24.3 Å². The normalized spacial score (nSPS) is 17.0. The van der Waals surface area contributed by atoms with E-state index in [-0.39, 0.29) is 5.92 Å². The molecule has 0 radical (unpaired) electrons. The number of phenolic OH excluding ortho intramolecular Hbond substituents is 2. The zero-order valence-electron chi connectivity index (χ0n) is 12.4. The fraction of sp³-hybridized carbons (Fsp3) is 0.368. The van der Waals surface area contributed by atoms with Crippen LogP contribution in [0, 0.1) is 0 Å². The van der Waals surface area contributed by atoms with Crippen molar-refractivity contribution in [2.45, 2.75) is 44.4 Å². The van der Waals surface area contributed by atoms with Crippen LogP contribution in [-0.4, -0.2) is 10.2 Å². The molecule has 2 N–H and O–H groups in total. The van der Waals surface area contributed by atoms with Crippen molar-refractivity contribution in [3.05, 3.63) is 59.2 Å². The first-order valence-corrected chi connectivity index (χ1v) is 7.77. The van der Waals surface area contributed by atoms with Crippen molar-refractivity contribution >= 4 is 0 Å². The van der Waals surface area contributed by atoms with Crippen LogP contribution in [0.15, 0.2) is 42.5 Å². The summed E-state index contributed by atoms with van der Waals surface area (Å²) in [6.45, 7) is 2.16. The quantitative estimate of drug-likeness (QED) is 0.840. The van der Waals surface area contributed by atoms with E-state index in [1.165, 1.54) is 36.8 Å². The predicted octanol–water partition coefficient (Wildman–Crippen LogP) is 4.91. The Kier molecular flexibility index (Phi) is 3.87. The second-order valence-corrected chi connectivity index (χ2v) is 6.11. The predicted molar refractivity (Wildman–Crippen MR) is 84.9 cm³/mol. The minimum absolute atomic E-state index is 0.256. The standard InChI is InChI=1S/C19H22O2/c1-13(14-6-9-17(20)10-7-14)16-8-11-19(21)18(12-16)15-4-2-3-5-15/h6-13,15,20-21H,2-5H2,1H3. The van der Waals surface area contributed by atoms with Crippen LogP contribution in [0.3, 0.4) is 0 Å². The monoisotopic (exact) mass is 282 g/mol. The molecular formula is C19H22O2. The van der Waals surface area contributed by atoms with Crippen molar-refractivity contribution in [1.82, 2.24) is 0 Å². The van der Waals surface area contributed by atoms with Gasteiger partial charge in [0.1, 0.15) is 11.5 Å². The molecule has 2 aromatic rings. The molecule has 0 aromatic heterocycles. The van der Waals surface area contributed by atoms with Gasteiger partial charge in [-0.2, -0.15) is 0 Å². The minimum Gasteiger partial charge on any atom is -0.508 e. The molecule has 110 valence electrons. The molecule has 2 heteroatoms. The second-order valence-electron chi connectivity index (χ2n) is 6.11. The molecule has 0 spiro atoms. The molecule has 1 atom stereocenters. The van der Waals surface area contributed by atoms with Gasteiger partial charge in [-0.1, -0.05) is 44.0 Å². The van der Waals surface area contributed by atoms with Crippen LogP contribution in [0.4, 0.5) is 0 Å². The van der Waals surface area contributed by atoms with Crippen molar-refractivity contribution < 1.29 is 10.2 Å². The van der Waals surface area contributed by atoms with Crippen LogP contribution in [0.2, 0.25) is 0 Å². The zero-order valence-corrected chi connectivity index (χ0v) is 12.4. The Morgan fingerprint density at radius 3 is 2.19 bits per heavy atom. The molecule has 0 saturated heterocycles. The van der Waals surface area contributed by atoms with E-state index in [0.29, 0.717) is 17.4 Å². The smallest absolute Gasteiger partial charge is 0.119 e. The van der Waals surface area contributed by atoms with Gasteiger partial charge in [0.2, 0.25) is 0 Å². The first kappa shape index (κ1) is 14.0. The van der Waals surface area contributed by atoms with Gasteiger partial charge in [-0.05, 0) is 53.6 Å². The Morgan fingerprint density at radius 2 is 1.52 bits per heavy atom. The lowest BCUT2D eigenvalue weighted by Crippen LogP contribution is -1.99. The molecule has 0 heterocycles. The van der Waals surface area contributed by atoms with Gasteiger partial charge in [0.05, 0.1) is 0 Å². The van der Waals surface area contributed by atoms with Crippen LogP contribution in [0.5, 0.6) is 11.5 Å². The summed E-state index contributed by atoms with van der Waals surface area (Å²) >= 11 is 0. The van der Waals surface area contributed by atoms with E-state index in [4.69, 9.17) is 0 Å². The van der Waals surface area contributed by atoms with Crippen LogP contribution >= 0.6 is 0 Å². The van der Waals surface area contributed by atoms with Gasteiger partial charge in [-0.25, -0.2) is 0 Å². The fourth-order valence-corrected chi connectivity index (χ4v) is 3.36. The third-order valence-electron chi connectivity index (χ3n) is 4.74. The summed E-state index contributed by atoms with van der Waals surface area (Å²) in [6.07, 6.45) is 4.90. The highest BCUT2D eigenvalue weighted by molar-refractivity contribution is 5.43. The molecule has 21 heavy (non-hydrogen) atoms. The molecule has 1 aliphatic rings. The molecule has 1 unspecified atom stereocenters. The SMILES string of the molecule is CC(c1ccc(O)cc1)c1ccc(O)c(C2CCCC2)c1. The average Bonchev–Trinajstić information content (AvgIpc) is 3.02. The van der Waals surface area contributed by atoms with Crippen molar-refractivity contribution in [2.75, 3.05) is 0 Å². The third kappa shape index (κ3) is 2.90. The van der Waals surface area contributed by atoms with Gasteiger partial charge in [-0.3, -0.25) is 0 Å². The van der Waals surface area contributed by atoms with E-state index >= 15 is 0 Å². The summed E-state index contributed by atoms with van der Waals surface area (Å²) in [5, 5.41) is 19.6. The fourth-order valence-electron chi connectivity index (χ4n) is 3.36. The van der Waals surface area contributed by atoms with Crippen molar-refractivity contribution in [3.63, 3.8) is 0 Å². The average molecular weight is 282 g/mol. The number of hydrogen-bond acceptors (Lipinski definition) is 2. The van der Waals surface area contributed by atoms with Crippen LogP contribution in [0.25, 0.3) is 0 Å². The van der Waals surface area contributed by atoms with Gasteiger partial charge in [-0.15, -0.1) is 0 Å². The maximum absolute atomic E-state index is 10.2. The molecule has 1 saturated carbocycles. The van der Waals surface area contributed by atoms with Crippen LogP contribution < -0.4 is 0 Å². The maximum Gasteiger partial charge on any atom is 0.119 e. The number of aromatic hydroxyl groups is 2. The first-order valence-electron chi connectivity index (χ1n) is 7.77. The van der Waals surface area contributed by atoms with Gasteiger partial charge < -0.3 is 10.2 Å².